The molecule has 1 aromatic carbocycles. The van der Waals surface area contributed by atoms with Gasteiger partial charge in [0.05, 0.1) is 18.9 Å². The summed E-state index contributed by atoms with van der Waals surface area (Å²) < 4.78 is 10.4. The number of nitrogens with one attached hydrogen (secondary N) is 2. The summed E-state index contributed by atoms with van der Waals surface area (Å²) in [6.45, 7) is 3.38. The molecule has 2 N–H and O–H groups in total. The molecule has 0 unspecified atom stereocenters. The van der Waals surface area contributed by atoms with Crippen molar-refractivity contribution in [3.05, 3.63) is 42.1 Å². The predicted molar refractivity (Wildman–Crippen MR) is 87.1 cm³/mol. The molecule has 0 saturated heterocycles. The number of nitrogens with zero attached hydrogens (tertiary/aromatic N) is 2. The van der Waals surface area contributed by atoms with Crippen LogP contribution < -0.4 is 15.4 Å². The van der Waals surface area contributed by atoms with Gasteiger partial charge in [-0.1, -0.05) is 12.1 Å². The molecule has 0 aliphatic carbocycles. The zero-order valence-corrected chi connectivity index (χ0v) is 13.2. The number of hydrogen-bond acceptors (Lipinski definition) is 6. The van der Waals surface area contributed by atoms with Gasteiger partial charge in [0.15, 0.2) is 11.5 Å². The Labute approximate surface area is 135 Å². The van der Waals surface area contributed by atoms with Crippen LogP contribution in [0.15, 0.2) is 36.4 Å². The standard InChI is InChI=1S/C16H20N4O3/c1-3-23-14-7-5-4-6-12(14)18-15-9-8-13(19-20-15)16(21)17-10-11-22-2/h4-9H,3,10-11H2,1-2H3,(H,17,21)(H,18,20). The molecule has 122 valence electrons. The van der Waals surface area contributed by atoms with Crippen molar-refractivity contribution in [3.63, 3.8) is 0 Å². The summed E-state index contributed by atoms with van der Waals surface area (Å²) in [7, 11) is 1.58. The third-order valence-electron chi connectivity index (χ3n) is 2.94. The molecule has 0 aliphatic rings. The first-order valence-electron chi connectivity index (χ1n) is 7.34. The van der Waals surface area contributed by atoms with Gasteiger partial charge in [0.1, 0.15) is 5.75 Å². The van der Waals surface area contributed by atoms with E-state index in [1.807, 2.05) is 31.2 Å². The lowest BCUT2D eigenvalue weighted by Gasteiger charge is -2.11. The first-order chi connectivity index (χ1) is 11.2. The number of aromatic nitrogens is 2. The van der Waals surface area contributed by atoms with Crippen molar-refractivity contribution < 1.29 is 14.3 Å². The zero-order valence-electron chi connectivity index (χ0n) is 13.2. The second kappa shape index (κ2) is 8.70. The number of hydrogen-bond donors (Lipinski definition) is 2. The molecule has 0 aliphatic heterocycles. The second-order valence-electron chi connectivity index (χ2n) is 4.61. The number of carbonyl (C=O) groups excluding carboxylic acids is 1. The Bertz CT molecular complexity index is 631. The van der Waals surface area contributed by atoms with E-state index in [4.69, 9.17) is 9.47 Å². The van der Waals surface area contributed by atoms with Gasteiger partial charge in [-0.05, 0) is 31.2 Å². The molecule has 23 heavy (non-hydrogen) atoms. The van der Waals surface area contributed by atoms with Gasteiger partial charge in [0.25, 0.3) is 5.91 Å². The average molecular weight is 316 g/mol. The van der Waals surface area contributed by atoms with Crippen molar-refractivity contribution in [3.8, 4) is 5.75 Å². The highest BCUT2D eigenvalue weighted by atomic mass is 16.5. The average Bonchev–Trinajstić information content (AvgIpc) is 2.58. The molecule has 0 saturated carbocycles. The van der Waals surface area contributed by atoms with Crippen molar-refractivity contribution in [1.82, 2.24) is 15.5 Å². The van der Waals surface area contributed by atoms with E-state index >= 15 is 0 Å². The molecular weight excluding hydrogens is 296 g/mol. The van der Waals surface area contributed by atoms with E-state index in [1.54, 1.807) is 19.2 Å². The number of methoxy groups -OCH3 is 1. The lowest BCUT2D eigenvalue weighted by molar-refractivity contribution is 0.0931. The molecule has 1 aromatic heterocycles. The van der Waals surface area contributed by atoms with Crippen LogP contribution >= 0.6 is 0 Å². The maximum Gasteiger partial charge on any atom is 0.271 e. The van der Waals surface area contributed by atoms with E-state index in [0.29, 0.717) is 25.6 Å². The molecule has 0 spiro atoms. The van der Waals surface area contributed by atoms with Crippen LogP contribution in [0.3, 0.4) is 0 Å². The smallest absolute Gasteiger partial charge is 0.271 e. The monoisotopic (exact) mass is 316 g/mol. The number of anilines is 2. The fraction of sp³-hybridized carbons (Fsp3) is 0.312. The number of benzene rings is 1. The van der Waals surface area contributed by atoms with Gasteiger partial charge in [0, 0.05) is 13.7 Å². The van der Waals surface area contributed by atoms with E-state index < -0.39 is 0 Å². The SMILES string of the molecule is CCOc1ccccc1Nc1ccc(C(=O)NCCOC)nn1. The molecule has 0 radical (unpaired) electrons. The summed E-state index contributed by atoms with van der Waals surface area (Å²) in [5.74, 6) is 0.986. The highest BCUT2D eigenvalue weighted by Gasteiger charge is 2.08. The molecule has 0 fully saturated rings. The van der Waals surface area contributed by atoms with Crippen LogP contribution in [-0.4, -0.2) is 43.0 Å². The fourth-order valence-corrected chi connectivity index (χ4v) is 1.87. The Balaban J connectivity index is 2.01. The van der Waals surface area contributed by atoms with Gasteiger partial charge in [-0.3, -0.25) is 4.79 Å². The van der Waals surface area contributed by atoms with E-state index in [-0.39, 0.29) is 11.6 Å². The van der Waals surface area contributed by atoms with Crippen molar-refractivity contribution in [1.29, 1.82) is 0 Å². The lowest BCUT2D eigenvalue weighted by Crippen LogP contribution is -2.27. The van der Waals surface area contributed by atoms with Gasteiger partial charge in [-0.15, -0.1) is 10.2 Å². The van der Waals surface area contributed by atoms with Gasteiger partial charge in [-0.25, -0.2) is 0 Å². The normalized spacial score (nSPS) is 10.2. The Morgan fingerprint density at radius 1 is 1.17 bits per heavy atom. The molecule has 0 bridgehead atoms. The van der Waals surface area contributed by atoms with Crippen molar-refractivity contribution in [2.45, 2.75) is 6.92 Å². The number of rotatable bonds is 8. The molecule has 0 atom stereocenters. The van der Waals surface area contributed by atoms with Gasteiger partial charge in [-0.2, -0.15) is 0 Å². The molecule has 2 aromatic rings. The summed E-state index contributed by atoms with van der Waals surface area (Å²) in [6.07, 6.45) is 0. The minimum absolute atomic E-state index is 0.254. The summed E-state index contributed by atoms with van der Waals surface area (Å²) in [5.41, 5.74) is 1.05. The zero-order chi connectivity index (χ0) is 16.5. The summed E-state index contributed by atoms with van der Waals surface area (Å²) >= 11 is 0. The van der Waals surface area contributed by atoms with Crippen LogP contribution in [0.25, 0.3) is 0 Å². The van der Waals surface area contributed by atoms with Gasteiger partial charge < -0.3 is 20.1 Å². The Hall–Kier alpha value is -2.67. The molecule has 7 heteroatoms. The summed E-state index contributed by atoms with van der Waals surface area (Å²) in [6, 6.07) is 10.9. The molecule has 7 nitrogen and oxygen atoms in total. The van der Waals surface area contributed by atoms with Crippen LogP contribution in [0.2, 0.25) is 0 Å². The number of ether oxygens (including phenoxy) is 2. The second-order valence-corrected chi connectivity index (χ2v) is 4.61. The number of carbonyl (C=O) groups is 1. The van der Waals surface area contributed by atoms with Crippen molar-refractivity contribution >= 4 is 17.4 Å². The van der Waals surface area contributed by atoms with E-state index in [9.17, 15) is 4.79 Å². The van der Waals surface area contributed by atoms with E-state index in [2.05, 4.69) is 20.8 Å². The van der Waals surface area contributed by atoms with Crippen LogP contribution in [0.5, 0.6) is 5.75 Å². The molecule has 1 amide bonds. The third kappa shape index (κ3) is 4.93. The summed E-state index contributed by atoms with van der Waals surface area (Å²) in [5, 5.41) is 13.8. The van der Waals surface area contributed by atoms with E-state index in [0.717, 1.165) is 11.4 Å². The first-order valence-corrected chi connectivity index (χ1v) is 7.34. The number of para-hydroxylation sites is 2. The van der Waals surface area contributed by atoms with Crippen LogP contribution in [0.4, 0.5) is 11.5 Å². The predicted octanol–water partition coefficient (Wildman–Crippen LogP) is 2.00. The highest BCUT2D eigenvalue weighted by Crippen LogP contribution is 2.26. The Morgan fingerprint density at radius 3 is 2.70 bits per heavy atom. The van der Waals surface area contributed by atoms with Crippen LogP contribution in [0, 0.1) is 0 Å². The van der Waals surface area contributed by atoms with E-state index in [1.165, 1.54) is 0 Å². The molecular formula is C16H20N4O3. The minimum atomic E-state index is -0.282. The molecule has 1 heterocycles. The summed E-state index contributed by atoms with van der Waals surface area (Å²) in [4.78, 5) is 11.8. The van der Waals surface area contributed by atoms with Gasteiger partial charge >= 0.3 is 0 Å². The maximum absolute atomic E-state index is 11.8. The van der Waals surface area contributed by atoms with Crippen LogP contribution in [-0.2, 0) is 4.74 Å². The van der Waals surface area contributed by atoms with Crippen LogP contribution in [0.1, 0.15) is 17.4 Å². The van der Waals surface area contributed by atoms with Gasteiger partial charge in [0.2, 0.25) is 0 Å². The lowest BCUT2D eigenvalue weighted by atomic mass is 10.3. The maximum atomic E-state index is 11.8. The largest absolute Gasteiger partial charge is 0.492 e. The van der Waals surface area contributed by atoms with Crippen molar-refractivity contribution in [2.75, 3.05) is 32.2 Å². The quantitative estimate of drug-likeness (QED) is 0.725. The third-order valence-corrected chi connectivity index (χ3v) is 2.94. The Kier molecular flexibility index (Phi) is 6.31. The Morgan fingerprint density at radius 2 is 2.00 bits per heavy atom. The topological polar surface area (TPSA) is 85.4 Å². The fourth-order valence-electron chi connectivity index (χ4n) is 1.87. The van der Waals surface area contributed by atoms with Crippen molar-refractivity contribution in [2.24, 2.45) is 0 Å². The number of amides is 1. The minimum Gasteiger partial charge on any atom is -0.492 e. The molecule has 2 rings (SSSR count). The highest BCUT2D eigenvalue weighted by molar-refractivity contribution is 5.92. The first kappa shape index (κ1) is 16.7.